The Morgan fingerprint density at radius 1 is 1.06 bits per heavy atom. The van der Waals surface area contributed by atoms with Crippen molar-refractivity contribution in [3.63, 3.8) is 0 Å². The van der Waals surface area contributed by atoms with Gasteiger partial charge in [-0.2, -0.15) is 0 Å². The van der Waals surface area contributed by atoms with Crippen molar-refractivity contribution in [2.24, 2.45) is 5.92 Å². The maximum absolute atomic E-state index is 12.9. The van der Waals surface area contributed by atoms with Gasteiger partial charge in [0.25, 0.3) is 0 Å². The third-order valence-corrected chi connectivity index (χ3v) is 7.00. The quantitative estimate of drug-likeness (QED) is 0.427. The molecule has 0 bridgehead atoms. The van der Waals surface area contributed by atoms with E-state index in [1.807, 2.05) is 6.92 Å². The Kier molecular flexibility index (Phi) is 6.14. The van der Waals surface area contributed by atoms with Gasteiger partial charge < -0.3 is 15.0 Å². The van der Waals surface area contributed by atoms with Crippen LogP contribution in [0.3, 0.4) is 0 Å². The number of aryl methyl sites for hydroxylation is 1. The molecule has 1 saturated carbocycles. The summed E-state index contributed by atoms with van der Waals surface area (Å²) in [7, 11) is 0. The molecule has 5 nitrogen and oxygen atoms in total. The summed E-state index contributed by atoms with van der Waals surface area (Å²) in [5.74, 6) is 0.260. The minimum Gasteiger partial charge on any atom is -0.395 e. The Labute approximate surface area is 194 Å². The molecular weight excluding hydrogens is 410 g/mol. The molecule has 0 aliphatic heterocycles. The number of aliphatic hydroxyl groups excluding tert-OH is 1. The average molecular weight is 442 g/mol. The maximum atomic E-state index is 12.9. The van der Waals surface area contributed by atoms with E-state index in [0.717, 1.165) is 36.3 Å². The van der Waals surface area contributed by atoms with Crippen molar-refractivity contribution >= 4 is 27.8 Å². The zero-order chi connectivity index (χ0) is 22.8. The van der Waals surface area contributed by atoms with E-state index < -0.39 is 0 Å². The van der Waals surface area contributed by atoms with Crippen molar-refractivity contribution in [1.82, 2.24) is 14.9 Å². The van der Waals surface area contributed by atoms with Crippen molar-refractivity contribution < 1.29 is 9.90 Å². The largest absolute Gasteiger partial charge is 0.395 e. The first-order chi connectivity index (χ1) is 16.2. The number of amides is 1. The molecule has 2 heterocycles. The molecule has 0 spiro atoms. The molecule has 1 atom stereocenters. The molecule has 2 aromatic heterocycles. The fourth-order valence-electron chi connectivity index (χ4n) is 5.40. The van der Waals surface area contributed by atoms with E-state index in [1.54, 1.807) is 0 Å². The highest BCUT2D eigenvalue weighted by molar-refractivity contribution is 6.06. The van der Waals surface area contributed by atoms with Crippen LogP contribution in [0.5, 0.6) is 0 Å². The number of hydrogen-bond donors (Lipinski definition) is 2. The van der Waals surface area contributed by atoms with Gasteiger partial charge in [-0.25, -0.2) is 4.98 Å². The van der Waals surface area contributed by atoms with Crippen molar-refractivity contribution in [3.8, 4) is 0 Å². The Bertz CT molecular complexity index is 1270. The SMILES string of the molecule is Cc1ccc2c3ccccc3n(Cc3ccc(C(C(=O)NCCO)C4CCCC4)cc3)c2n1. The number of fused-ring (bicyclic) bond motifs is 3. The highest BCUT2D eigenvalue weighted by Crippen LogP contribution is 2.38. The van der Waals surface area contributed by atoms with Crippen LogP contribution in [0.4, 0.5) is 0 Å². The van der Waals surface area contributed by atoms with Gasteiger partial charge in [0.2, 0.25) is 5.91 Å². The normalized spacial score (nSPS) is 15.3. The lowest BCUT2D eigenvalue weighted by atomic mass is 9.84. The predicted molar refractivity (Wildman–Crippen MR) is 132 cm³/mol. The summed E-state index contributed by atoms with van der Waals surface area (Å²) < 4.78 is 2.29. The number of carbonyl (C=O) groups excluding carboxylic acids is 1. The second-order valence-corrected chi connectivity index (χ2v) is 9.21. The number of rotatable bonds is 7. The first-order valence-electron chi connectivity index (χ1n) is 12.0. The Morgan fingerprint density at radius 2 is 1.82 bits per heavy atom. The predicted octanol–water partition coefficient (Wildman–Crippen LogP) is 4.93. The molecule has 4 aromatic rings. The number of benzene rings is 2. The van der Waals surface area contributed by atoms with Gasteiger partial charge in [-0.15, -0.1) is 0 Å². The second kappa shape index (κ2) is 9.36. The Morgan fingerprint density at radius 3 is 2.58 bits per heavy atom. The first-order valence-corrected chi connectivity index (χ1v) is 12.0. The number of hydrogen-bond acceptors (Lipinski definition) is 3. The lowest BCUT2D eigenvalue weighted by Gasteiger charge is -2.23. The molecule has 5 rings (SSSR count). The number of aliphatic hydroxyl groups is 1. The van der Waals surface area contributed by atoms with Crippen molar-refractivity contribution in [2.75, 3.05) is 13.2 Å². The molecule has 33 heavy (non-hydrogen) atoms. The minimum atomic E-state index is -0.148. The molecule has 1 unspecified atom stereocenters. The van der Waals surface area contributed by atoms with Crippen molar-refractivity contribution in [2.45, 2.75) is 45.1 Å². The van der Waals surface area contributed by atoms with Crippen LogP contribution in [-0.4, -0.2) is 33.7 Å². The molecule has 170 valence electrons. The molecule has 5 heteroatoms. The van der Waals surface area contributed by atoms with E-state index in [4.69, 9.17) is 10.1 Å². The number of pyridine rings is 1. The highest BCUT2D eigenvalue weighted by Gasteiger charge is 2.31. The number of nitrogens with one attached hydrogen (secondary N) is 1. The topological polar surface area (TPSA) is 67.2 Å². The number of carbonyl (C=O) groups is 1. The van der Waals surface area contributed by atoms with Crippen LogP contribution < -0.4 is 5.32 Å². The molecular formula is C28H31N3O2. The van der Waals surface area contributed by atoms with Crippen LogP contribution in [0.25, 0.3) is 21.9 Å². The summed E-state index contributed by atoms with van der Waals surface area (Å²) in [4.78, 5) is 17.8. The van der Waals surface area contributed by atoms with Crippen molar-refractivity contribution in [3.05, 3.63) is 77.5 Å². The van der Waals surface area contributed by atoms with Gasteiger partial charge in [0.1, 0.15) is 5.65 Å². The van der Waals surface area contributed by atoms with Gasteiger partial charge in [-0.05, 0) is 55.0 Å². The van der Waals surface area contributed by atoms with E-state index in [2.05, 4.69) is 70.5 Å². The van der Waals surface area contributed by atoms with Gasteiger partial charge in [-0.3, -0.25) is 4.79 Å². The van der Waals surface area contributed by atoms with Crippen molar-refractivity contribution in [1.29, 1.82) is 0 Å². The lowest BCUT2D eigenvalue weighted by molar-refractivity contribution is -0.123. The fraction of sp³-hybridized carbons (Fsp3) is 0.357. The number of nitrogens with zero attached hydrogens (tertiary/aromatic N) is 2. The Hall–Kier alpha value is -3.18. The zero-order valence-electron chi connectivity index (χ0n) is 19.1. The first kappa shape index (κ1) is 21.7. The van der Waals surface area contributed by atoms with Crippen LogP contribution in [0.2, 0.25) is 0 Å². The molecule has 1 aliphatic rings. The van der Waals surface area contributed by atoms with E-state index >= 15 is 0 Å². The Balaban J connectivity index is 1.46. The van der Waals surface area contributed by atoms with Crippen LogP contribution >= 0.6 is 0 Å². The van der Waals surface area contributed by atoms with Crippen LogP contribution in [0.1, 0.15) is 48.4 Å². The van der Waals surface area contributed by atoms with E-state index in [-0.39, 0.29) is 18.4 Å². The van der Waals surface area contributed by atoms with E-state index in [1.165, 1.54) is 34.7 Å². The van der Waals surface area contributed by atoms with E-state index in [0.29, 0.717) is 12.5 Å². The lowest BCUT2D eigenvalue weighted by Crippen LogP contribution is -2.34. The summed E-state index contributed by atoms with van der Waals surface area (Å²) in [6, 6.07) is 21.2. The third-order valence-electron chi connectivity index (χ3n) is 7.00. The molecule has 1 aliphatic carbocycles. The zero-order valence-corrected chi connectivity index (χ0v) is 19.1. The summed E-state index contributed by atoms with van der Waals surface area (Å²) in [6.07, 6.45) is 4.55. The van der Waals surface area contributed by atoms with E-state index in [9.17, 15) is 4.79 Å². The van der Waals surface area contributed by atoms with Gasteiger partial charge in [0.05, 0.1) is 18.0 Å². The second-order valence-electron chi connectivity index (χ2n) is 9.21. The van der Waals surface area contributed by atoms with Crippen LogP contribution in [-0.2, 0) is 11.3 Å². The number of para-hydroxylation sites is 1. The van der Waals surface area contributed by atoms with Gasteiger partial charge in [-0.1, -0.05) is 55.3 Å². The minimum absolute atomic E-state index is 0.0331. The van der Waals surface area contributed by atoms with Crippen LogP contribution in [0, 0.1) is 12.8 Å². The smallest absolute Gasteiger partial charge is 0.227 e. The van der Waals surface area contributed by atoms with Crippen LogP contribution in [0.15, 0.2) is 60.7 Å². The van der Waals surface area contributed by atoms with Gasteiger partial charge >= 0.3 is 0 Å². The monoisotopic (exact) mass is 441 g/mol. The summed E-state index contributed by atoms with van der Waals surface area (Å²) in [5.41, 5.74) is 5.45. The average Bonchev–Trinajstić information content (AvgIpc) is 3.46. The fourth-order valence-corrected chi connectivity index (χ4v) is 5.40. The maximum Gasteiger partial charge on any atom is 0.227 e. The van der Waals surface area contributed by atoms with Gasteiger partial charge in [0, 0.05) is 29.6 Å². The standard InChI is InChI=1S/C28H31N3O2/c1-19-10-15-24-23-8-4-5-9-25(23)31(27(24)30-19)18-20-11-13-22(14-12-20)26(21-6-2-3-7-21)28(33)29-16-17-32/h4-5,8-15,21,26,32H,2-3,6-7,16-18H2,1H3,(H,29,33). The summed E-state index contributed by atoms with van der Waals surface area (Å²) >= 11 is 0. The molecule has 2 N–H and O–H groups in total. The number of aromatic nitrogens is 2. The van der Waals surface area contributed by atoms with Gasteiger partial charge in [0.15, 0.2) is 0 Å². The molecule has 0 radical (unpaired) electrons. The highest BCUT2D eigenvalue weighted by atomic mass is 16.3. The molecule has 2 aromatic carbocycles. The molecule has 1 fully saturated rings. The summed E-state index contributed by atoms with van der Waals surface area (Å²) in [6.45, 7) is 3.03. The third kappa shape index (κ3) is 4.25. The molecule has 0 saturated heterocycles. The molecule has 1 amide bonds. The summed E-state index contributed by atoms with van der Waals surface area (Å²) in [5, 5.41) is 14.4.